The first-order valence-electron chi connectivity index (χ1n) is 3.89. The quantitative estimate of drug-likeness (QED) is 0.889. The van der Waals surface area contributed by atoms with Crippen LogP contribution in [0.25, 0.3) is 0 Å². The van der Waals surface area contributed by atoms with Crippen molar-refractivity contribution in [2.75, 3.05) is 0 Å². The van der Waals surface area contributed by atoms with Crippen molar-refractivity contribution in [3.8, 4) is 0 Å². The van der Waals surface area contributed by atoms with Crippen LogP contribution in [0.5, 0.6) is 0 Å². The van der Waals surface area contributed by atoms with Crippen LogP contribution in [0.1, 0.15) is 17.4 Å². The third-order valence-electron chi connectivity index (χ3n) is 1.89. The second-order valence-corrected chi connectivity index (χ2v) is 4.25. The summed E-state index contributed by atoms with van der Waals surface area (Å²) in [5, 5.41) is 9.66. The molecule has 0 radical (unpaired) electrons. The van der Waals surface area contributed by atoms with Crippen LogP contribution < -0.4 is 5.73 Å². The number of halogens is 1. The molecule has 0 aliphatic carbocycles. The minimum Gasteiger partial charge on any atom is -0.318 e. The van der Waals surface area contributed by atoms with E-state index in [4.69, 9.17) is 5.73 Å². The predicted octanol–water partition coefficient (Wildman–Crippen LogP) is 1.08. The summed E-state index contributed by atoms with van der Waals surface area (Å²) in [7, 11) is 1.80. The molecule has 5 nitrogen and oxygen atoms in total. The Kier molecular flexibility index (Phi) is 2.62. The standard InChI is InChI=1S/C7H8BrN5S/c1-13-6(7(8)11-12-13)5(9)4-2-14-3-10-4/h2-3,5H,9H2,1H3. The molecular formula is C7H8BrN5S. The number of nitrogens with two attached hydrogens (primary N) is 1. The summed E-state index contributed by atoms with van der Waals surface area (Å²) in [6, 6.07) is -0.282. The first-order chi connectivity index (χ1) is 6.70. The number of aromatic nitrogens is 4. The van der Waals surface area contributed by atoms with Crippen molar-refractivity contribution in [3.05, 3.63) is 26.9 Å². The summed E-state index contributed by atoms with van der Waals surface area (Å²) >= 11 is 4.82. The number of rotatable bonds is 2. The average Bonchev–Trinajstić information content (AvgIpc) is 2.75. The SMILES string of the molecule is Cn1nnc(Br)c1C(N)c1cscn1. The number of hydrogen-bond donors (Lipinski definition) is 1. The van der Waals surface area contributed by atoms with E-state index in [-0.39, 0.29) is 6.04 Å². The maximum Gasteiger partial charge on any atom is 0.153 e. The highest BCUT2D eigenvalue weighted by molar-refractivity contribution is 9.10. The Bertz CT molecular complexity index is 404. The molecule has 2 rings (SSSR count). The van der Waals surface area contributed by atoms with E-state index in [1.165, 1.54) is 11.3 Å². The molecule has 0 amide bonds. The molecule has 0 aromatic carbocycles. The van der Waals surface area contributed by atoms with Crippen LogP contribution in [-0.4, -0.2) is 20.0 Å². The predicted molar refractivity (Wildman–Crippen MR) is 56.8 cm³/mol. The van der Waals surface area contributed by atoms with Gasteiger partial charge in [-0.2, -0.15) is 0 Å². The van der Waals surface area contributed by atoms with E-state index in [2.05, 4.69) is 31.2 Å². The zero-order valence-electron chi connectivity index (χ0n) is 7.38. The Morgan fingerprint density at radius 3 is 2.93 bits per heavy atom. The summed E-state index contributed by atoms with van der Waals surface area (Å²) in [6.45, 7) is 0. The summed E-state index contributed by atoms with van der Waals surface area (Å²) in [5.74, 6) is 0. The lowest BCUT2D eigenvalue weighted by Gasteiger charge is -2.08. The van der Waals surface area contributed by atoms with Gasteiger partial charge in [-0.05, 0) is 15.9 Å². The molecule has 0 fully saturated rings. The van der Waals surface area contributed by atoms with Crippen LogP contribution in [0.2, 0.25) is 0 Å². The summed E-state index contributed by atoms with van der Waals surface area (Å²) in [5.41, 5.74) is 9.44. The summed E-state index contributed by atoms with van der Waals surface area (Å²) in [6.07, 6.45) is 0. The molecule has 0 spiro atoms. The molecule has 14 heavy (non-hydrogen) atoms. The maximum atomic E-state index is 6.02. The largest absolute Gasteiger partial charge is 0.318 e. The zero-order chi connectivity index (χ0) is 10.1. The highest BCUT2D eigenvalue weighted by atomic mass is 79.9. The highest BCUT2D eigenvalue weighted by Gasteiger charge is 2.19. The van der Waals surface area contributed by atoms with Crippen LogP contribution >= 0.6 is 27.3 Å². The van der Waals surface area contributed by atoms with Gasteiger partial charge >= 0.3 is 0 Å². The second kappa shape index (κ2) is 3.76. The van der Waals surface area contributed by atoms with Crippen LogP contribution in [0.15, 0.2) is 15.5 Å². The molecule has 74 valence electrons. The molecule has 2 heterocycles. The average molecular weight is 274 g/mol. The van der Waals surface area contributed by atoms with E-state index in [0.717, 1.165) is 11.4 Å². The van der Waals surface area contributed by atoms with Crippen LogP contribution in [0.3, 0.4) is 0 Å². The molecule has 2 aromatic heterocycles. The van der Waals surface area contributed by atoms with E-state index in [1.807, 2.05) is 5.38 Å². The monoisotopic (exact) mass is 273 g/mol. The van der Waals surface area contributed by atoms with Gasteiger partial charge in [0.2, 0.25) is 0 Å². The third-order valence-corrected chi connectivity index (χ3v) is 3.06. The first kappa shape index (κ1) is 9.75. The van der Waals surface area contributed by atoms with Gasteiger partial charge < -0.3 is 5.73 Å². The van der Waals surface area contributed by atoms with Gasteiger partial charge in [-0.15, -0.1) is 16.4 Å². The van der Waals surface area contributed by atoms with E-state index >= 15 is 0 Å². The Morgan fingerprint density at radius 1 is 1.64 bits per heavy atom. The van der Waals surface area contributed by atoms with Gasteiger partial charge in [-0.25, -0.2) is 9.67 Å². The fourth-order valence-corrected chi connectivity index (χ4v) is 2.35. The number of aryl methyl sites for hydroxylation is 1. The lowest BCUT2D eigenvalue weighted by Crippen LogP contribution is -2.16. The molecule has 0 bridgehead atoms. The Hall–Kier alpha value is -0.790. The van der Waals surface area contributed by atoms with E-state index in [9.17, 15) is 0 Å². The lowest BCUT2D eigenvalue weighted by molar-refractivity contribution is 0.645. The normalized spacial score (nSPS) is 13.1. The van der Waals surface area contributed by atoms with Crippen molar-refractivity contribution in [3.63, 3.8) is 0 Å². The lowest BCUT2D eigenvalue weighted by atomic mass is 10.2. The van der Waals surface area contributed by atoms with Gasteiger partial charge in [-0.3, -0.25) is 0 Å². The van der Waals surface area contributed by atoms with Crippen LogP contribution in [0, 0.1) is 0 Å². The molecule has 0 aliphatic heterocycles. The fourth-order valence-electron chi connectivity index (χ4n) is 1.18. The van der Waals surface area contributed by atoms with E-state index < -0.39 is 0 Å². The molecule has 2 N–H and O–H groups in total. The third kappa shape index (κ3) is 1.58. The maximum absolute atomic E-state index is 6.02. The molecular weight excluding hydrogens is 266 g/mol. The van der Waals surface area contributed by atoms with Gasteiger partial charge in [0.1, 0.15) is 0 Å². The van der Waals surface area contributed by atoms with Gasteiger partial charge in [0.15, 0.2) is 4.60 Å². The Balaban J connectivity index is 2.41. The van der Waals surface area contributed by atoms with Crippen molar-refractivity contribution >= 4 is 27.3 Å². The minimum absolute atomic E-state index is 0.282. The topological polar surface area (TPSA) is 69.6 Å². The minimum atomic E-state index is -0.282. The van der Waals surface area contributed by atoms with E-state index in [1.54, 1.807) is 17.2 Å². The molecule has 7 heteroatoms. The van der Waals surface area contributed by atoms with Crippen LogP contribution in [-0.2, 0) is 7.05 Å². The van der Waals surface area contributed by atoms with Crippen molar-refractivity contribution in [1.29, 1.82) is 0 Å². The smallest absolute Gasteiger partial charge is 0.153 e. The van der Waals surface area contributed by atoms with Crippen LogP contribution in [0.4, 0.5) is 0 Å². The molecule has 0 saturated heterocycles. The molecule has 0 saturated carbocycles. The van der Waals surface area contributed by atoms with E-state index in [0.29, 0.717) is 4.60 Å². The van der Waals surface area contributed by atoms with Gasteiger partial charge in [0.25, 0.3) is 0 Å². The zero-order valence-corrected chi connectivity index (χ0v) is 9.79. The van der Waals surface area contributed by atoms with Gasteiger partial charge in [0.05, 0.1) is 22.9 Å². The number of hydrogen-bond acceptors (Lipinski definition) is 5. The molecule has 1 unspecified atom stereocenters. The molecule has 0 aliphatic rings. The summed E-state index contributed by atoms with van der Waals surface area (Å²) in [4.78, 5) is 4.16. The highest BCUT2D eigenvalue weighted by Crippen LogP contribution is 2.23. The number of nitrogens with zero attached hydrogens (tertiary/aromatic N) is 4. The van der Waals surface area contributed by atoms with Crippen molar-refractivity contribution < 1.29 is 0 Å². The Labute approximate surface area is 93.1 Å². The van der Waals surface area contributed by atoms with Crippen molar-refractivity contribution in [2.24, 2.45) is 12.8 Å². The van der Waals surface area contributed by atoms with Crippen molar-refractivity contribution in [1.82, 2.24) is 20.0 Å². The fraction of sp³-hybridized carbons (Fsp3) is 0.286. The van der Waals surface area contributed by atoms with Crippen molar-refractivity contribution in [2.45, 2.75) is 6.04 Å². The second-order valence-electron chi connectivity index (χ2n) is 2.78. The number of thiazole rings is 1. The van der Waals surface area contributed by atoms with Gasteiger partial charge in [-0.1, -0.05) is 5.21 Å². The summed E-state index contributed by atoms with van der Waals surface area (Å²) < 4.78 is 2.31. The molecule has 1 atom stereocenters. The first-order valence-corrected chi connectivity index (χ1v) is 5.62. The molecule has 2 aromatic rings. The Morgan fingerprint density at radius 2 is 2.43 bits per heavy atom. The van der Waals surface area contributed by atoms with Gasteiger partial charge in [0, 0.05) is 12.4 Å².